The summed E-state index contributed by atoms with van der Waals surface area (Å²) in [6.45, 7) is 0.644. The van der Waals surface area contributed by atoms with Gasteiger partial charge in [0.15, 0.2) is 0 Å². The number of carbonyl (C=O) groups excluding carboxylic acids is 1. The Hall–Kier alpha value is -2.74. The number of amides is 1. The van der Waals surface area contributed by atoms with Crippen molar-refractivity contribution in [1.29, 1.82) is 0 Å². The lowest BCUT2D eigenvalue weighted by Crippen LogP contribution is -2.27. The second-order valence-corrected chi connectivity index (χ2v) is 9.85. The largest absolute Gasteiger partial charge is 0.487 e. The fourth-order valence-corrected chi connectivity index (χ4v) is 4.81. The fourth-order valence-electron chi connectivity index (χ4n) is 3.37. The maximum atomic E-state index is 12.8. The van der Waals surface area contributed by atoms with Crippen LogP contribution in [0, 0.1) is 0 Å². The molecule has 2 aliphatic heterocycles. The van der Waals surface area contributed by atoms with Crippen LogP contribution in [0.3, 0.4) is 0 Å². The number of benzene rings is 3. The summed E-state index contributed by atoms with van der Waals surface area (Å²) in [5.41, 5.74) is 2.72. The van der Waals surface area contributed by atoms with Gasteiger partial charge in [-0.05, 0) is 53.4 Å². The number of hydrogen-bond acceptors (Lipinski definition) is 4. The Kier molecular flexibility index (Phi) is 6.60. The van der Waals surface area contributed by atoms with Gasteiger partial charge in [0.25, 0.3) is 10.0 Å². The molecule has 166 valence electrons. The van der Waals surface area contributed by atoms with Crippen LogP contribution in [-0.2, 0) is 34.3 Å². The van der Waals surface area contributed by atoms with Gasteiger partial charge in [-0.2, -0.15) is 0 Å². The molecule has 0 radical (unpaired) electrons. The van der Waals surface area contributed by atoms with Crippen LogP contribution in [0.15, 0.2) is 65.6 Å². The minimum atomic E-state index is -3.77. The van der Waals surface area contributed by atoms with Gasteiger partial charge in [0.1, 0.15) is 12.4 Å². The summed E-state index contributed by atoms with van der Waals surface area (Å²) in [4.78, 5) is 12.5. The van der Waals surface area contributed by atoms with Gasteiger partial charge in [-0.25, -0.2) is 8.42 Å². The zero-order chi connectivity index (χ0) is 22.7. The van der Waals surface area contributed by atoms with E-state index < -0.39 is 10.0 Å². The summed E-state index contributed by atoms with van der Waals surface area (Å²) in [6.07, 6.45) is 0.578. The van der Waals surface area contributed by atoms with Crippen LogP contribution in [0.4, 0.5) is 5.69 Å². The molecular weight excluding hydrogens is 471 g/mol. The number of para-hydroxylation sites is 1. The molecule has 32 heavy (non-hydrogen) atoms. The van der Waals surface area contributed by atoms with Crippen molar-refractivity contribution in [2.75, 3.05) is 11.3 Å². The molecular formula is C23H20Cl2N2O4S. The van der Waals surface area contributed by atoms with E-state index in [1.807, 2.05) is 6.07 Å². The number of sulfonamides is 1. The van der Waals surface area contributed by atoms with Gasteiger partial charge in [-0.1, -0.05) is 53.5 Å². The lowest BCUT2D eigenvalue weighted by Gasteiger charge is -2.19. The molecule has 2 N–H and O–H groups in total. The summed E-state index contributed by atoms with van der Waals surface area (Å²) in [5.74, 6) is 0.266. The van der Waals surface area contributed by atoms with Gasteiger partial charge in [-0.15, -0.1) is 0 Å². The van der Waals surface area contributed by atoms with Crippen molar-refractivity contribution in [1.82, 2.24) is 5.32 Å². The van der Waals surface area contributed by atoms with Gasteiger partial charge in [0, 0.05) is 6.54 Å². The van der Waals surface area contributed by atoms with Crippen molar-refractivity contribution in [2.45, 2.75) is 24.3 Å². The molecule has 0 spiro atoms. The number of rotatable bonds is 5. The van der Waals surface area contributed by atoms with E-state index in [1.54, 1.807) is 54.6 Å². The first-order valence-corrected chi connectivity index (χ1v) is 12.1. The molecule has 0 saturated heterocycles. The first-order valence-electron chi connectivity index (χ1n) is 9.89. The predicted molar refractivity (Wildman–Crippen MR) is 125 cm³/mol. The van der Waals surface area contributed by atoms with Gasteiger partial charge >= 0.3 is 0 Å². The standard InChI is InChI=1S/C23H20Cl2N2O4S/c24-19-9-6-16(12-20(19)25)13-22(28)26-11-10-17-2-1-3-21-23(17)27-32(29,30)18-7-4-15(5-8-18)14-31-21/h1-9,12,27H,10-11,13-14H2,(H,26,28). The maximum Gasteiger partial charge on any atom is 0.262 e. The molecule has 2 heterocycles. The van der Waals surface area contributed by atoms with Crippen LogP contribution < -0.4 is 14.8 Å². The van der Waals surface area contributed by atoms with Crippen LogP contribution in [0.1, 0.15) is 16.7 Å². The second kappa shape index (κ2) is 9.40. The molecule has 0 aromatic heterocycles. The van der Waals surface area contributed by atoms with Crippen molar-refractivity contribution >= 4 is 44.8 Å². The number of fused-ring (bicyclic) bond motifs is 4. The first-order chi connectivity index (χ1) is 15.3. The zero-order valence-electron chi connectivity index (χ0n) is 16.9. The van der Waals surface area contributed by atoms with Crippen LogP contribution in [-0.4, -0.2) is 20.9 Å². The average molecular weight is 491 g/mol. The van der Waals surface area contributed by atoms with Gasteiger partial charge in [-0.3, -0.25) is 9.52 Å². The highest BCUT2D eigenvalue weighted by atomic mass is 35.5. The summed E-state index contributed by atoms with van der Waals surface area (Å²) >= 11 is 11.9. The van der Waals surface area contributed by atoms with Gasteiger partial charge < -0.3 is 10.1 Å². The molecule has 3 aromatic rings. The number of halogens is 2. The fraction of sp³-hybridized carbons (Fsp3) is 0.174. The zero-order valence-corrected chi connectivity index (χ0v) is 19.2. The van der Waals surface area contributed by atoms with Crippen molar-refractivity contribution in [3.05, 3.63) is 87.4 Å². The Labute approximate surface area is 196 Å². The summed E-state index contributed by atoms with van der Waals surface area (Å²) < 4.78 is 34.2. The summed E-state index contributed by atoms with van der Waals surface area (Å²) in [7, 11) is -3.77. The quantitative estimate of drug-likeness (QED) is 0.547. The molecule has 6 nitrogen and oxygen atoms in total. The van der Waals surface area contributed by atoms with Crippen molar-refractivity contribution in [2.24, 2.45) is 0 Å². The van der Waals surface area contributed by atoms with Crippen LogP contribution >= 0.6 is 23.2 Å². The number of anilines is 1. The molecule has 3 aromatic carbocycles. The number of nitrogens with one attached hydrogen (secondary N) is 2. The van der Waals surface area contributed by atoms with Gasteiger partial charge in [0.05, 0.1) is 27.0 Å². The Morgan fingerprint density at radius 2 is 1.81 bits per heavy atom. The SMILES string of the molecule is O=C(Cc1ccc(Cl)c(Cl)c1)NCCc1cccc2c1NS(=O)(=O)c1ccc(cc1)CO2. The number of hydrogen-bond donors (Lipinski definition) is 2. The van der Waals surface area contributed by atoms with E-state index in [4.69, 9.17) is 27.9 Å². The summed E-state index contributed by atoms with van der Waals surface area (Å²) in [6, 6.07) is 17.0. The summed E-state index contributed by atoms with van der Waals surface area (Å²) in [5, 5.41) is 3.68. The Morgan fingerprint density at radius 1 is 1.03 bits per heavy atom. The minimum Gasteiger partial charge on any atom is -0.487 e. The Bertz CT molecular complexity index is 1260. The van der Waals surface area contributed by atoms with Gasteiger partial charge in [0.2, 0.25) is 5.91 Å². The average Bonchev–Trinajstić information content (AvgIpc) is 2.76. The number of carbonyl (C=O) groups is 1. The van der Waals surface area contributed by atoms with E-state index in [0.29, 0.717) is 41.1 Å². The second-order valence-electron chi connectivity index (χ2n) is 7.35. The lowest BCUT2D eigenvalue weighted by molar-refractivity contribution is -0.120. The smallest absolute Gasteiger partial charge is 0.262 e. The predicted octanol–water partition coefficient (Wildman–Crippen LogP) is 4.59. The third-order valence-electron chi connectivity index (χ3n) is 5.04. The molecule has 2 bridgehead atoms. The van der Waals surface area contributed by atoms with E-state index in [9.17, 15) is 13.2 Å². The molecule has 9 heteroatoms. The lowest BCUT2D eigenvalue weighted by atomic mass is 10.1. The highest BCUT2D eigenvalue weighted by Gasteiger charge is 2.21. The van der Waals surface area contributed by atoms with E-state index in [-0.39, 0.29) is 17.2 Å². The normalized spacial score (nSPS) is 14.1. The molecule has 1 amide bonds. The third kappa shape index (κ3) is 5.18. The number of ether oxygens (including phenoxy) is 1. The molecule has 5 rings (SSSR count). The topological polar surface area (TPSA) is 84.5 Å². The van der Waals surface area contributed by atoms with Crippen LogP contribution in [0.5, 0.6) is 5.75 Å². The first kappa shape index (κ1) is 22.5. The monoisotopic (exact) mass is 490 g/mol. The van der Waals surface area contributed by atoms with E-state index in [2.05, 4.69) is 10.0 Å². The van der Waals surface area contributed by atoms with Crippen molar-refractivity contribution in [3.63, 3.8) is 0 Å². The molecule has 0 saturated carbocycles. The maximum absolute atomic E-state index is 12.8. The van der Waals surface area contributed by atoms with Crippen LogP contribution in [0.25, 0.3) is 0 Å². The Morgan fingerprint density at radius 3 is 2.56 bits per heavy atom. The molecule has 0 aliphatic carbocycles. The van der Waals surface area contributed by atoms with E-state index >= 15 is 0 Å². The third-order valence-corrected chi connectivity index (χ3v) is 7.15. The van der Waals surface area contributed by atoms with Crippen LogP contribution in [0.2, 0.25) is 10.0 Å². The van der Waals surface area contributed by atoms with Crippen molar-refractivity contribution < 1.29 is 17.9 Å². The molecule has 2 aliphatic rings. The highest BCUT2D eigenvalue weighted by molar-refractivity contribution is 7.92. The minimum absolute atomic E-state index is 0.162. The molecule has 0 unspecified atom stereocenters. The van der Waals surface area contributed by atoms with E-state index in [1.165, 1.54) is 0 Å². The van der Waals surface area contributed by atoms with Crippen molar-refractivity contribution in [3.8, 4) is 5.75 Å². The Balaban J connectivity index is 1.46. The molecule has 0 fully saturated rings. The van der Waals surface area contributed by atoms with E-state index in [0.717, 1.165) is 16.7 Å². The molecule has 0 atom stereocenters. The highest BCUT2D eigenvalue weighted by Crippen LogP contribution is 2.33.